The van der Waals surface area contributed by atoms with Crippen LogP contribution in [0.1, 0.15) is 0 Å². The van der Waals surface area contributed by atoms with Gasteiger partial charge in [-0.2, -0.15) is 0 Å². The Labute approximate surface area is 72.6 Å². The molecule has 0 radical (unpaired) electrons. The molecule has 0 aromatic heterocycles. The van der Waals surface area contributed by atoms with Gasteiger partial charge in [-0.25, -0.2) is 0 Å². The van der Waals surface area contributed by atoms with Crippen LogP contribution in [0.5, 0.6) is 0 Å². The van der Waals surface area contributed by atoms with Crippen LogP contribution in [0, 0.1) is 0 Å². The van der Waals surface area contributed by atoms with Gasteiger partial charge in [0.15, 0.2) is 0 Å². The molecule has 0 aromatic rings. The Hall–Kier alpha value is 0.140. The first kappa shape index (κ1) is 32.1. The van der Waals surface area contributed by atoms with Crippen LogP contribution >= 0.6 is 34.8 Å². The maximum atomic E-state index is 4.96. The zero-order valence-corrected chi connectivity index (χ0v) is 7.12. The number of hydrogen-bond donors (Lipinski definition) is 0. The monoisotopic (exact) mass is 218 g/mol. The van der Waals surface area contributed by atoms with Crippen LogP contribution in [0.15, 0.2) is 23.2 Å². The van der Waals surface area contributed by atoms with Gasteiger partial charge in [0.1, 0.15) is 4.49 Å². The van der Waals surface area contributed by atoms with E-state index in [4.69, 9.17) is 34.8 Å². The largest absolute Gasteiger partial charge is 0.269 e. The van der Waals surface area contributed by atoms with E-state index in [-0.39, 0.29) is 18.6 Å². The Morgan fingerprint density at radius 3 is 1.10 bits per heavy atom. The van der Waals surface area contributed by atoms with E-state index in [9.17, 15) is 0 Å². The van der Waals surface area contributed by atoms with Crippen molar-refractivity contribution in [1.29, 1.82) is 0 Å². The van der Waals surface area contributed by atoms with Gasteiger partial charge in [-0.1, -0.05) is 34.8 Å². The second kappa shape index (κ2) is 35.3. The van der Waals surface area contributed by atoms with Crippen LogP contribution in [0.2, 0.25) is 0 Å². The van der Waals surface area contributed by atoms with E-state index in [1.807, 2.05) is 0 Å². The minimum Gasteiger partial charge on any atom is -0.269 e. The summed E-state index contributed by atoms with van der Waals surface area (Å²) in [4.78, 5) is 0. The molecule has 0 unspecified atom stereocenters. The molecule has 0 nitrogen and oxygen atoms in total. The predicted molar refractivity (Wildman–Crippen MR) is 44.4 cm³/mol. The second-order valence-corrected chi connectivity index (χ2v) is 1.62. The molecule has 0 saturated heterocycles. The fourth-order valence-electron chi connectivity index (χ4n) is 0. The lowest BCUT2D eigenvalue weighted by Gasteiger charge is -1.64. The Morgan fingerprint density at radius 2 is 1.10 bits per heavy atom. The zero-order valence-electron chi connectivity index (χ0n) is 4.85. The third-order valence-electron chi connectivity index (χ3n) is 0.0825. The quantitative estimate of drug-likeness (QED) is 0.544. The summed E-state index contributed by atoms with van der Waals surface area (Å²) in [5.41, 5.74) is 1.09. The average Bonchev–Trinajstić information content (AvgIpc) is 1.73. The first-order valence-corrected chi connectivity index (χ1v) is 2.58. The van der Waals surface area contributed by atoms with Gasteiger partial charge in [-0.3, -0.25) is 14.1 Å². The summed E-state index contributed by atoms with van der Waals surface area (Å²) in [5, 5.41) is 0. The van der Waals surface area contributed by atoms with Crippen molar-refractivity contribution in [2.24, 2.45) is 0 Å². The molecule has 66 valence electrons. The van der Waals surface area contributed by atoms with Gasteiger partial charge in [-0.15, -0.1) is 13.2 Å². The molecule has 0 aliphatic heterocycles. The number of hydrogen-bond acceptors (Lipinski definition) is 0. The standard InChI is InChI=1S/C2HCl3.C2H4.3FH/c3-1-2(4)5;1-2;;;/h1H;1-2H2;3*1H. The molecule has 0 bridgehead atoms. The molecule has 0 heterocycles. The van der Waals surface area contributed by atoms with E-state index in [1.165, 1.54) is 0 Å². The molecule has 0 atom stereocenters. The van der Waals surface area contributed by atoms with E-state index >= 15 is 0 Å². The third-order valence-corrected chi connectivity index (χ3v) is 0.742. The van der Waals surface area contributed by atoms with E-state index < -0.39 is 0 Å². The van der Waals surface area contributed by atoms with Gasteiger partial charge in [-0.05, 0) is 0 Å². The van der Waals surface area contributed by atoms with Gasteiger partial charge in [0, 0.05) is 5.54 Å². The third kappa shape index (κ3) is 90.6. The Kier molecular flexibility index (Phi) is 113. The SMILES string of the molecule is C=C.ClC=C(Cl)Cl.F.F.F. The van der Waals surface area contributed by atoms with E-state index in [0.29, 0.717) is 0 Å². The summed E-state index contributed by atoms with van der Waals surface area (Å²) < 4.78 is 0.0895. The van der Waals surface area contributed by atoms with Crippen LogP contribution in [-0.2, 0) is 0 Å². The summed E-state index contributed by atoms with van der Waals surface area (Å²) in [6.07, 6.45) is 0. The molecular formula is C4H8Cl3F3. The highest BCUT2D eigenvalue weighted by molar-refractivity contribution is 6.58. The van der Waals surface area contributed by atoms with Crippen LogP contribution in [-0.4, -0.2) is 0 Å². The summed E-state index contributed by atoms with van der Waals surface area (Å²) in [5.74, 6) is 0. The lowest BCUT2D eigenvalue weighted by molar-refractivity contribution is 1.11. The highest BCUT2D eigenvalue weighted by atomic mass is 35.5. The summed E-state index contributed by atoms with van der Waals surface area (Å²) in [7, 11) is 0. The Bertz CT molecular complexity index is 62.8. The van der Waals surface area contributed by atoms with Gasteiger partial charge in [0.25, 0.3) is 0 Å². The smallest absolute Gasteiger partial charge is 0.118 e. The van der Waals surface area contributed by atoms with Crippen molar-refractivity contribution in [1.82, 2.24) is 0 Å². The maximum Gasteiger partial charge on any atom is 0.118 e. The van der Waals surface area contributed by atoms with Gasteiger partial charge >= 0.3 is 0 Å². The van der Waals surface area contributed by atoms with E-state index in [2.05, 4.69) is 13.2 Å². The molecule has 0 N–H and O–H groups in total. The van der Waals surface area contributed by atoms with Crippen molar-refractivity contribution in [2.45, 2.75) is 0 Å². The molecule has 0 rings (SSSR count). The summed E-state index contributed by atoms with van der Waals surface area (Å²) in [6.45, 7) is 6.00. The van der Waals surface area contributed by atoms with Crippen LogP contribution < -0.4 is 0 Å². The average molecular weight is 219 g/mol. The topological polar surface area (TPSA) is 0 Å². The van der Waals surface area contributed by atoms with Gasteiger partial charge in [0.2, 0.25) is 0 Å². The lowest BCUT2D eigenvalue weighted by Crippen LogP contribution is -1.33. The van der Waals surface area contributed by atoms with Crippen molar-refractivity contribution < 1.29 is 14.1 Å². The highest BCUT2D eigenvalue weighted by Gasteiger charge is 1.70. The fourth-order valence-corrected chi connectivity index (χ4v) is 0. The molecule has 0 aliphatic rings. The first-order chi connectivity index (χ1) is 3.27. The molecule has 0 saturated carbocycles. The Morgan fingerprint density at radius 1 is 1.00 bits per heavy atom. The molecule has 0 fully saturated rings. The minimum absolute atomic E-state index is 0. The van der Waals surface area contributed by atoms with Gasteiger partial charge < -0.3 is 0 Å². The first-order valence-electron chi connectivity index (χ1n) is 1.38. The van der Waals surface area contributed by atoms with E-state index in [1.54, 1.807) is 0 Å². The molecule has 6 heteroatoms. The molecule has 0 aliphatic carbocycles. The fraction of sp³-hybridized carbons (Fsp3) is 0. The van der Waals surface area contributed by atoms with Crippen molar-refractivity contribution in [2.75, 3.05) is 0 Å². The van der Waals surface area contributed by atoms with Crippen molar-refractivity contribution in [3.63, 3.8) is 0 Å². The van der Waals surface area contributed by atoms with Crippen molar-refractivity contribution >= 4 is 34.8 Å². The summed E-state index contributed by atoms with van der Waals surface area (Å²) in [6, 6.07) is 0. The van der Waals surface area contributed by atoms with Crippen molar-refractivity contribution in [3.05, 3.63) is 23.2 Å². The molecular weight excluding hydrogens is 211 g/mol. The predicted octanol–water partition coefficient (Wildman–Crippen LogP) is 3.76. The second-order valence-electron chi connectivity index (χ2n) is 0.399. The normalized spacial score (nSPS) is 3.90. The van der Waals surface area contributed by atoms with Crippen LogP contribution in [0.25, 0.3) is 0 Å². The van der Waals surface area contributed by atoms with Crippen LogP contribution in [0.3, 0.4) is 0 Å². The molecule has 0 aromatic carbocycles. The number of rotatable bonds is 0. The highest BCUT2D eigenvalue weighted by Crippen LogP contribution is 2.05. The van der Waals surface area contributed by atoms with Crippen molar-refractivity contribution in [3.8, 4) is 0 Å². The van der Waals surface area contributed by atoms with Gasteiger partial charge in [0.05, 0.1) is 0 Å². The molecule has 0 amide bonds. The molecule has 10 heavy (non-hydrogen) atoms. The maximum absolute atomic E-state index is 4.96. The lowest BCUT2D eigenvalue weighted by atomic mass is 11.2. The van der Waals surface area contributed by atoms with Crippen LogP contribution in [0.4, 0.5) is 14.1 Å². The Balaban J connectivity index is -0.0000000154. The molecule has 0 spiro atoms. The summed E-state index contributed by atoms with van der Waals surface area (Å²) >= 11 is 14.8. The van der Waals surface area contributed by atoms with E-state index in [0.717, 1.165) is 5.54 Å². The zero-order chi connectivity index (χ0) is 6.28. The number of halogens is 6. The minimum atomic E-state index is 0.